The summed E-state index contributed by atoms with van der Waals surface area (Å²) in [6.45, 7) is 0. The zero-order valence-electron chi connectivity index (χ0n) is 11.4. The lowest BCUT2D eigenvalue weighted by Gasteiger charge is -2.09. The van der Waals surface area contributed by atoms with Crippen LogP contribution in [0.4, 0.5) is 5.69 Å². The van der Waals surface area contributed by atoms with Crippen LogP contribution in [0.15, 0.2) is 42.5 Å². The second-order valence-electron chi connectivity index (χ2n) is 4.34. The number of hydrogen-bond donors (Lipinski definition) is 1. The Labute approximate surface area is 127 Å². The number of para-hydroxylation sites is 1. The maximum absolute atomic E-state index is 12.0. The first-order valence-electron chi connectivity index (χ1n) is 6.25. The van der Waals surface area contributed by atoms with E-state index in [1.165, 1.54) is 0 Å². The highest BCUT2D eigenvalue weighted by Gasteiger charge is 2.10. The molecule has 5 heteroatoms. The Morgan fingerprint density at radius 2 is 2.10 bits per heavy atom. The van der Waals surface area contributed by atoms with Gasteiger partial charge in [0, 0.05) is 5.02 Å². The summed E-state index contributed by atoms with van der Waals surface area (Å²) in [6, 6.07) is 14.0. The standard InChI is InChI=1S/C16H13ClN2O2/c1-21-13-7-6-11(14(17)9-13)8-16(20)19-15-5-3-2-4-12(15)10-18/h2-7,9H,8H2,1H3,(H,19,20). The smallest absolute Gasteiger partial charge is 0.228 e. The molecule has 21 heavy (non-hydrogen) atoms. The van der Waals surface area contributed by atoms with Gasteiger partial charge in [0.2, 0.25) is 5.91 Å². The first-order chi connectivity index (χ1) is 10.1. The van der Waals surface area contributed by atoms with E-state index in [1.54, 1.807) is 49.6 Å². The number of hydrogen-bond acceptors (Lipinski definition) is 3. The largest absolute Gasteiger partial charge is 0.497 e. The minimum atomic E-state index is -0.232. The molecular formula is C16H13ClN2O2. The predicted molar refractivity (Wildman–Crippen MR) is 81.5 cm³/mol. The average molecular weight is 301 g/mol. The van der Waals surface area contributed by atoms with Crippen molar-refractivity contribution in [3.63, 3.8) is 0 Å². The Bertz CT molecular complexity index is 708. The van der Waals surface area contributed by atoms with Gasteiger partial charge in [0.15, 0.2) is 0 Å². The third-order valence-electron chi connectivity index (χ3n) is 2.93. The van der Waals surface area contributed by atoms with E-state index >= 15 is 0 Å². The first-order valence-corrected chi connectivity index (χ1v) is 6.63. The van der Waals surface area contributed by atoms with E-state index in [9.17, 15) is 4.79 Å². The third-order valence-corrected chi connectivity index (χ3v) is 3.28. The monoisotopic (exact) mass is 300 g/mol. The molecule has 0 unspecified atom stereocenters. The fourth-order valence-corrected chi connectivity index (χ4v) is 2.09. The van der Waals surface area contributed by atoms with Crippen molar-refractivity contribution >= 4 is 23.2 Å². The second-order valence-corrected chi connectivity index (χ2v) is 4.75. The van der Waals surface area contributed by atoms with Crippen molar-refractivity contribution in [3.05, 3.63) is 58.6 Å². The van der Waals surface area contributed by atoms with Gasteiger partial charge in [-0.2, -0.15) is 5.26 Å². The normalized spacial score (nSPS) is 9.76. The number of halogens is 1. The van der Waals surface area contributed by atoms with E-state index in [1.807, 2.05) is 6.07 Å². The number of carbonyl (C=O) groups excluding carboxylic acids is 1. The Morgan fingerprint density at radius 3 is 2.76 bits per heavy atom. The van der Waals surface area contributed by atoms with E-state index in [-0.39, 0.29) is 12.3 Å². The van der Waals surface area contributed by atoms with E-state index < -0.39 is 0 Å². The zero-order chi connectivity index (χ0) is 15.2. The number of nitrogens with zero attached hydrogens (tertiary/aromatic N) is 1. The molecule has 0 radical (unpaired) electrons. The zero-order valence-corrected chi connectivity index (χ0v) is 12.1. The molecule has 0 saturated carbocycles. The first kappa shape index (κ1) is 14.9. The lowest BCUT2D eigenvalue weighted by molar-refractivity contribution is -0.115. The molecule has 0 aromatic heterocycles. The van der Waals surface area contributed by atoms with E-state index in [2.05, 4.69) is 5.32 Å². The Balaban J connectivity index is 2.10. The Hall–Kier alpha value is -2.51. The third kappa shape index (κ3) is 3.74. The van der Waals surface area contributed by atoms with E-state index in [0.29, 0.717) is 27.6 Å². The highest BCUT2D eigenvalue weighted by Crippen LogP contribution is 2.23. The molecule has 2 rings (SSSR count). The minimum absolute atomic E-state index is 0.128. The molecule has 2 aromatic carbocycles. The topological polar surface area (TPSA) is 62.1 Å². The fraction of sp³-hybridized carbons (Fsp3) is 0.125. The maximum Gasteiger partial charge on any atom is 0.228 e. The van der Waals surface area contributed by atoms with Crippen molar-refractivity contribution in [1.82, 2.24) is 0 Å². The molecule has 0 aliphatic heterocycles. The van der Waals surface area contributed by atoms with Gasteiger partial charge < -0.3 is 10.1 Å². The summed E-state index contributed by atoms with van der Waals surface area (Å²) in [5.74, 6) is 0.406. The van der Waals surface area contributed by atoms with E-state index in [0.717, 1.165) is 0 Å². The van der Waals surface area contributed by atoms with Crippen molar-refractivity contribution in [1.29, 1.82) is 5.26 Å². The summed E-state index contributed by atoms with van der Waals surface area (Å²) in [5.41, 5.74) is 1.62. The lowest BCUT2D eigenvalue weighted by atomic mass is 10.1. The van der Waals surface area contributed by atoms with Gasteiger partial charge in [0.25, 0.3) is 0 Å². The molecule has 0 atom stereocenters. The number of ether oxygens (including phenoxy) is 1. The summed E-state index contributed by atoms with van der Waals surface area (Å²) in [6.07, 6.45) is 0.128. The number of rotatable bonds is 4. The van der Waals surface area contributed by atoms with Gasteiger partial charge in [0.1, 0.15) is 11.8 Å². The van der Waals surface area contributed by atoms with Crippen molar-refractivity contribution in [2.45, 2.75) is 6.42 Å². The average Bonchev–Trinajstić information content (AvgIpc) is 2.49. The second kappa shape index (κ2) is 6.78. The molecule has 1 amide bonds. The van der Waals surface area contributed by atoms with Crippen molar-refractivity contribution in [3.8, 4) is 11.8 Å². The van der Waals surface area contributed by atoms with E-state index in [4.69, 9.17) is 21.6 Å². The number of amides is 1. The number of nitriles is 1. The molecule has 0 spiro atoms. The van der Waals surface area contributed by atoms with Crippen LogP contribution < -0.4 is 10.1 Å². The molecule has 2 aromatic rings. The van der Waals surface area contributed by atoms with Gasteiger partial charge >= 0.3 is 0 Å². The molecule has 106 valence electrons. The molecule has 0 heterocycles. The SMILES string of the molecule is COc1ccc(CC(=O)Nc2ccccc2C#N)c(Cl)c1. The molecule has 0 fully saturated rings. The van der Waals surface area contributed by atoms with Crippen LogP contribution in [0.25, 0.3) is 0 Å². The number of carbonyl (C=O) groups is 1. The number of anilines is 1. The summed E-state index contributed by atoms with van der Waals surface area (Å²) in [5, 5.41) is 12.2. The molecule has 0 saturated heterocycles. The number of benzene rings is 2. The van der Waals surface area contributed by atoms with Crippen LogP contribution in [0.3, 0.4) is 0 Å². The van der Waals surface area contributed by atoms with Gasteiger partial charge in [-0.1, -0.05) is 29.8 Å². The van der Waals surface area contributed by atoms with Crippen molar-refractivity contribution < 1.29 is 9.53 Å². The predicted octanol–water partition coefficient (Wildman–Crippen LogP) is 3.40. The fourth-order valence-electron chi connectivity index (χ4n) is 1.86. The number of methoxy groups -OCH3 is 1. The highest BCUT2D eigenvalue weighted by atomic mass is 35.5. The highest BCUT2D eigenvalue weighted by molar-refractivity contribution is 6.31. The van der Waals surface area contributed by atoms with Gasteiger partial charge in [-0.3, -0.25) is 4.79 Å². The summed E-state index contributed by atoms with van der Waals surface area (Å²) in [7, 11) is 1.55. The molecule has 0 bridgehead atoms. The summed E-state index contributed by atoms with van der Waals surface area (Å²) < 4.78 is 5.06. The van der Waals surface area contributed by atoms with Gasteiger partial charge in [-0.25, -0.2) is 0 Å². The van der Waals surface area contributed by atoms with Crippen LogP contribution in [-0.4, -0.2) is 13.0 Å². The van der Waals surface area contributed by atoms with Crippen LogP contribution in [0.5, 0.6) is 5.75 Å². The van der Waals surface area contributed by atoms with Gasteiger partial charge in [-0.15, -0.1) is 0 Å². The molecule has 1 N–H and O–H groups in total. The maximum atomic E-state index is 12.0. The van der Waals surface area contributed by atoms with Crippen LogP contribution in [-0.2, 0) is 11.2 Å². The van der Waals surface area contributed by atoms with Gasteiger partial charge in [0.05, 0.1) is 24.8 Å². The summed E-state index contributed by atoms with van der Waals surface area (Å²) in [4.78, 5) is 12.0. The Morgan fingerprint density at radius 1 is 1.33 bits per heavy atom. The summed E-state index contributed by atoms with van der Waals surface area (Å²) >= 11 is 6.10. The van der Waals surface area contributed by atoms with Crippen LogP contribution in [0.1, 0.15) is 11.1 Å². The lowest BCUT2D eigenvalue weighted by Crippen LogP contribution is -2.15. The minimum Gasteiger partial charge on any atom is -0.497 e. The molecule has 0 aliphatic carbocycles. The van der Waals surface area contributed by atoms with Crippen LogP contribution in [0.2, 0.25) is 5.02 Å². The van der Waals surface area contributed by atoms with Crippen molar-refractivity contribution in [2.24, 2.45) is 0 Å². The van der Waals surface area contributed by atoms with Crippen LogP contribution in [0, 0.1) is 11.3 Å². The quantitative estimate of drug-likeness (QED) is 0.941. The van der Waals surface area contributed by atoms with Crippen molar-refractivity contribution in [2.75, 3.05) is 12.4 Å². The van der Waals surface area contributed by atoms with Crippen LogP contribution >= 0.6 is 11.6 Å². The van der Waals surface area contributed by atoms with Gasteiger partial charge in [-0.05, 0) is 29.8 Å². The molecule has 0 aliphatic rings. The molecular weight excluding hydrogens is 288 g/mol. The number of nitrogens with one attached hydrogen (secondary N) is 1. The Kier molecular flexibility index (Phi) is 4.81. The molecule has 4 nitrogen and oxygen atoms in total.